The average molecular weight is 350 g/mol. The Balaban J connectivity index is 1.96. The first-order valence-electron chi connectivity index (χ1n) is 7.76. The first kappa shape index (κ1) is 17.3. The van der Waals surface area contributed by atoms with Crippen molar-refractivity contribution >= 4 is 17.3 Å². The monoisotopic (exact) mass is 350 g/mol. The predicted molar refractivity (Wildman–Crippen MR) is 94.8 cm³/mol. The Hall–Kier alpha value is -3.50. The van der Waals surface area contributed by atoms with E-state index in [0.29, 0.717) is 22.6 Å². The lowest BCUT2D eigenvalue weighted by Crippen LogP contribution is -2.17. The lowest BCUT2D eigenvalue weighted by molar-refractivity contribution is 0.101. The molecule has 1 amide bonds. The van der Waals surface area contributed by atoms with Crippen molar-refractivity contribution in [2.45, 2.75) is 13.5 Å². The summed E-state index contributed by atoms with van der Waals surface area (Å²) in [7, 11) is 0. The lowest BCUT2D eigenvalue weighted by atomic mass is 10.2. The predicted octanol–water partition coefficient (Wildman–Crippen LogP) is 3.62. The van der Waals surface area contributed by atoms with Crippen molar-refractivity contribution in [1.29, 1.82) is 0 Å². The van der Waals surface area contributed by atoms with Crippen LogP contribution >= 0.6 is 0 Å². The Bertz CT molecular complexity index is 1020. The number of halogens is 1. The number of aliphatic hydroxyl groups is 1. The summed E-state index contributed by atoms with van der Waals surface area (Å²) < 4.78 is 15.0. The number of benzene rings is 2. The summed E-state index contributed by atoms with van der Waals surface area (Å²) in [6, 6.07) is 12.2. The van der Waals surface area contributed by atoms with E-state index in [1.165, 1.54) is 22.9 Å². The summed E-state index contributed by atoms with van der Waals surface area (Å²) in [6.45, 7) is 8.53. The minimum Gasteiger partial charge on any atom is -0.392 e. The van der Waals surface area contributed by atoms with Crippen LogP contribution in [-0.2, 0) is 6.61 Å². The smallest absolute Gasteiger partial charge is 0.274 e. The maximum Gasteiger partial charge on any atom is 0.274 e. The summed E-state index contributed by atoms with van der Waals surface area (Å²) in [5.41, 5.74) is 2.47. The molecule has 6 nitrogen and oxygen atoms in total. The van der Waals surface area contributed by atoms with Gasteiger partial charge in [-0.15, -0.1) is 0 Å². The number of amides is 1. The van der Waals surface area contributed by atoms with Crippen LogP contribution in [0.3, 0.4) is 0 Å². The largest absolute Gasteiger partial charge is 0.392 e. The first-order chi connectivity index (χ1) is 12.5. The number of carbonyl (C=O) groups excluding carboxylic acids is 1. The quantitative estimate of drug-likeness (QED) is 0.706. The molecule has 26 heavy (non-hydrogen) atoms. The van der Waals surface area contributed by atoms with Crippen LogP contribution in [0.5, 0.6) is 0 Å². The van der Waals surface area contributed by atoms with Crippen molar-refractivity contribution in [2.75, 3.05) is 5.32 Å². The van der Waals surface area contributed by atoms with Crippen molar-refractivity contribution in [3.8, 4) is 5.69 Å². The van der Waals surface area contributed by atoms with Crippen LogP contribution in [0.2, 0.25) is 0 Å². The zero-order valence-corrected chi connectivity index (χ0v) is 13.9. The van der Waals surface area contributed by atoms with E-state index >= 15 is 0 Å². The van der Waals surface area contributed by atoms with Gasteiger partial charge in [-0.25, -0.2) is 13.9 Å². The summed E-state index contributed by atoms with van der Waals surface area (Å²) in [6.07, 6.45) is 0. The van der Waals surface area contributed by atoms with Gasteiger partial charge in [0.1, 0.15) is 11.5 Å². The Labute approximate surface area is 149 Å². The highest BCUT2D eigenvalue weighted by atomic mass is 19.1. The normalized spacial score (nSPS) is 10.4. The number of aromatic nitrogens is 2. The fraction of sp³-hybridized carbons (Fsp3) is 0.105. The highest BCUT2D eigenvalue weighted by Gasteiger charge is 2.16. The number of anilines is 1. The Kier molecular flexibility index (Phi) is 4.78. The van der Waals surface area contributed by atoms with Crippen LogP contribution in [-0.4, -0.2) is 20.8 Å². The molecule has 1 heterocycles. The molecule has 0 saturated carbocycles. The van der Waals surface area contributed by atoms with Crippen LogP contribution in [0, 0.1) is 19.3 Å². The minimum atomic E-state index is -0.554. The number of aliphatic hydroxyl groups excluding tert-OH is 1. The molecular weight excluding hydrogens is 335 g/mol. The third-order valence-corrected chi connectivity index (χ3v) is 3.67. The van der Waals surface area contributed by atoms with Crippen LogP contribution in [0.15, 0.2) is 48.5 Å². The number of hydrogen-bond acceptors (Lipinski definition) is 3. The maximum absolute atomic E-state index is 13.6. The molecule has 0 saturated heterocycles. The Morgan fingerprint density at radius 2 is 2.12 bits per heavy atom. The Morgan fingerprint density at radius 1 is 1.31 bits per heavy atom. The molecular formula is C19H15FN4O2. The molecule has 0 unspecified atom stereocenters. The summed E-state index contributed by atoms with van der Waals surface area (Å²) in [4.78, 5) is 16.0. The van der Waals surface area contributed by atoms with Crippen LogP contribution in [0.4, 0.5) is 15.8 Å². The van der Waals surface area contributed by atoms with Gasteiger partial charge in [-0.05, 0) is 48.9 Å². The SMILES string of the molecule is [C-]#[N+]c1cccc(-n2nc(C)cc2C(=O)Nc2cc(F)cc(CO)c2)c1. The van der Waals surface area contributed by atoms with E-state index in [1.54, 1.807) is 37.3 Å². The van der Waals surface area contributed by atoms with Crippen molar-refractivity contribution in [3.63, 3.8) is 0 Å². The molecule has 0 atom stereocenters. The number of nitrogens with one attached hydrogen (secondary N) is 1. The molecule has 0 bridgehead atoms. The number of hydrogen-bond donors (Lipinski definition) is 2. The van der Waals surface area contributed by atoms with Gasteiger partial charge in [0.2, 0.25) is 0 Å². The molecule has 2 aromatic carbocycles. The highest BCUT2D eigenvalue weighted by molar-refractivity contribution is 6.03. The third-order valence-electron chi connectivity index (χ3n) is 3.67. The van der Waals surface area contributed by atoms with Crippen molar-refractivity contribution < 1.29 is 14.3 Å². The number of rotatable bonds is 4. The number of carbonyl (C=O) groups is 1. The van der Waals surface area contributed by atoms with Crippen LogP contribution < -0.4 is 5.32 Å². The average Bonchev–Trinajstić information content (AvgIpc) is 3.03. The van der Waals surface area contributed by atoms with Gasteiger partial charge in [0.25, 0.3) is 5.91 Å². The van der Waals surface area contributed by atoms with Gasteiger partial charge in [0.05, 0.1) is 24.6 Å². The second-order valence-electron chi connectivity index (χ2n) is 5.67. The topological polar surface area (TPSA) is 71.5 Å². The molecule has 7 heteroatoms. The summed E-state index contributed by atoms with van der Waals surface area (Å²) in [5, 5.41) is 16.1. The second-order valence-corrected chi connectivity index (χ2v) is 5.67. The minimum absolute atomic E-state index is 0.236. The number of nitrogens with zero attached hydrogens (tertiary/aromatic N) is 3. The van der Waals surface area contributed by atoms with E-state index in [2.05, 4.69) is 15.3 Å². The maximum atomic E-state index is 13.6. The molecule has 1 aromatic heterocycles. The molecule has 3 aromatic rings. The zero-order chi connectivity index (χ0) is 18.7. The van der Waals surface area contributed by atoms with E-state index in [1.807, 2.05) is 0 Å². The van der Waals surface area contributed by atoms with Gasteiger partial charge in [-0.1, -0.05) is 12.1 Å². The standard InChI is InChI=1S/C19H15FN4O2/c1-12-6-18(24(23-12)17-5-3-4-15(10-17)21-2)19(26)22-16-8-13(11-25)7-14(20)9-16/h3-10,25H,11H2,1H3,(H,22,26). The molecule has 0 aliphatic rings. The van der Waals surface area contributed by atoms with Crippen LogP contribution in [0.1, 0.15) is 21.7 Å². The van der Waals surface area contributed by atoms with Gasteiger partial charge in [-0.3, -0.25) is 4.79 Å². The molecule has 130 valence electrons. The van der Waals surface area contributed by atoms with Gasteiger partial charge < -0.3 is 10.4 Å². The third kappa shape index (κ3) is 3.61. The lowest BCUT2D eigenvalue weighted by Gasteiger charge is -2.10. The fourth-order valence-electron chi connectivity index (χ4n) is 2.56. The first-order valence-corrected chi connectivity index (χ1v) is 7.76. The highest BCUT2D eigenvalue weighted by Crippen LogP contribution is 2.21. The fourth-order valence-corrected chi connectivity index (χ4v) is 2.56. The van der Waals surface area contributed by atoms with E-state index in [0.717, 1.165) is 0 Å². The summed E-state index contributed by atoms with van der Waals surface area (Å²) in [5.74, 6) is -1.03. The Morgan fingerprint density at radius 3 is 2.85 bits per heavy atom. The van der Waals surface area contributed by atoms with Gasteiger partial charge in [0, 0.05) is 5.69 Å². The van der Waals surface area contributed by atoms with Crippen LogP contribution in [0.25, 0.3) is 10.5 Å². The number of aryl methyl sites for hydroxylation is 1. The van der Waals surface area contributed by atoms with Crippen molar-refractivity contribution in [3.05, 3.63) is 82.7 Å². The molecule has 0 aliphatic carbocycles. The van der Waals surface area contributed by atoms with Crippen molar-refractivity contribution in [1.82, 2.24) is 9.78 Å². The molecule has 0 aliphatic heterocycles. The molecule has 0 spiro atoms. The molecule has 3 rings (SSSR count). The van der Waals surface area contributed by atoms with E-state index in [9.17, 15) is 9.18 Å². The summed E-state index contributed by atoms with van der Waals surface area (Å²) >= 11 is 0. The zero-order valence-electron chi connectivity index (χ0n) is 13.9. The molecule has 0 radical (unpaired) electrons. The van der Waals surface area contributed by atoms with E-state index < -0.39 is 11.7 Å². The van der Waals surface area contributed by atoms with Gasteiger partial charge in [-0.2, -0.15) is 5.10 Å². The van der Waals surface area contributed by atoms with Gasteiger partial charge in [0.15, 0.2) is 5.69 Å². The van der Waals surface area contributed by atoms with Gasteiger partial charge >= 0.3 is 0 Å². The van der Waals surface area contributed by atoms with Crippen molar-refractivity contribution in [2.24, 2.45) is 0 Å². The van der Waals surface area contributed by atoms with E-state index in [-0.39, 0.29) is 18.0 Å². The molecule has 0 fully saturated rings. The second kappa shape index (κ2) is 7.17. The van der Waals surface area contributed by atoms with E-state index in [4.69, 9.17) is 11.7 Å². The molecule has 2 N–H and O–H groups in total.